The maximum atomic E-state index is 12.7. The van der Waals surface area contributed by atoms with Gasteiger partial charge in [-0.25, -0.2) is 4.79 Å². The van der Waals surface area contributed by atoms with Crippen molar-refractivity contribution in [1.82, 2.24) is 4.98 Å². The molecular formula is C20H23NO3S. The van der Waals surface area contributed by atoms with Gasteiger partial charge in [0.2, 0.25) is 0 Å². The van der Waals surface area contributed by atoms with Gasteiger partial charge in [-0.15, -0.1) is 11.3 Å². The number of rotatable bonds is 3. The van der Waals surface area contributed by atoms with Gasteiger partial charge in [-0.1, -0.05) is 13.0 Å². The lowest BCUT2D eigenvalue weighted by Gasteiger charge is -2.20. The first-order chi connectivity index (χ1) is 12.0. The van der Waals surface area contributed by atoms with Crippen molar-refractivity contribution >= 4 is 23.1 Å². The quantitative estimate of drug-likeness (QED) is 0.814. The van der Waals surface area contributed by atoms with Crippen LogP contribution in [0, 0.1) is 12.8 Å². The van der Waals surface area contributed by atoms with Gasteiger partial charge in [-0.2, -0.15) is 0 Å². The predicted molar refractivity (Wildman–Crippen MR) is 97.5 cm³/mol. The van der Waals surface area contributed by atoms with Crippen LogP contribution in [-0.4, -0.2) is 22.8 Å². The summed E-state index contributed by atoms with van der Waals surface area (Å²) in [4.78, 5) is 29.8. The minimum Gasteiger partial charge on any atom is -0.457 e. The molecule has 5 heteroatoms. The van der Waals surface area contributed by atoms with Crippen molar-refractivity contribution in [3.8, 4) is 0 Å². The Morgan fingerprint density at radius 3 is 2.84 bits per heavy atom. The Hall–Kier alpha value is -1.88. The molecule has 0 saturated heterocycles. The SMILES string of the molecule is Cc1c(C(=O)O[C@H]2CCC[C@@H]2C)[nH]c2c1C(=O)C[C@@H](c1cccs1)C2. The zero-order chi connectivity index (χ0) is 17.6. The van der Waals surface area contributed by atoms with Gasteiger partial charge in [0.25, 0.3) is 0 Å². The third-order valence-electron chi connectivity index (χ3n) is 5.68. The fourth-order valence-corrected chi connectivity index (χ4v) is 5.08. The van der Waals surface area contributed by atoms with Crippen molar-refractivity contribution in [2.45, 2.75) is 58.0 Å². The summed E-state index contributed by atoms with van der Waals surface area (Å²) in [5.41, 5.74) is 2.81. The molecule has 3 atom stereocenters. The Bertz CT molecular complexity index is 805. The highest BCUT2D eigenvalue weighted by Crippen LogP contribution is 2.37. The maximum Gasteiger partial charge on any atom is 0.355 e. The van der Waals surface area contributed by atoms with E-state index in [1.807, 2.05) is 18.4 Å². The molecule has 1 N–H and O–H groups in total. The Balaban J connectivity index is 1.59. The van der Waals surface area contributed by atoms with Crippen LogP contribution in [0.15, 0.2) is 17.5 Å². The molecule has 132 valence electrons. The molecule has 0 spiro atoms. The van der Waals surface area contributed by atoms with Crippen LogP contribution in [0.25, 0.3) is 0 Å². The Morgan fingerprint density at radius 2 is 2.16 bits per heavy atom. The molecule has 0 unspecified atom stereocenters. The maximum absolute atomic E-state index is 12.7. The van der Waals surface area contributed by atoms with Crippen LogP contribution < -0.4 is 0 Å². The number of ketones is 1. The first-order valence-corrected chi connectivity index (χ1v) is 9.91. The van der Waals surface area contributed by atoms with E-state index in [1.165, 1.54) is 4.88 Å². The van der Waals surface area contributed by atoms with E-state index >= 15 is 0 Å². The number of carbonyl (C=O) groups excluding carboxylic acids is 2. The third kappa shape index (κ3) is 2.95. The second-order valence-corrected chi connectivity index (χ2v) is 8.35. The summed E-state index contributed by atoms with van der Waals surface area (Å²) >= 11 is 1.69. The Kier molecular flexibility index (Phi) is 4.28. The second kappa shape index (κ2) is 6.45. The average Bonchev–Trinajstić information content (AvgIpc) is 3.29. The highest BCUT2D eigenvalue weighted by atomic mass is 32.1. The number of hydrogen-bond acceptors (Lipinski definition) is 4. The number of esters is 1. The zero-order valence-corrected chi connectivity index (χ0v) is 15.4. The van der Waals surface area contributed by atoms with Gasteiger partial charge in [0.1, 0.15) is 11.8 Å². The van der Waals surface area contributed by atoms with Gasteiger partial charge >= 0.3 is 5.97 Å². The van der Waals surface area contributed by atoms with Gasteiger partial charge in [-0.3, -0.25) is 4.79 Å². The van der Waals surface area contributed by atoms with Crippen LogP contribution in [0.5, 0.6) is 0 Å². The number of ether oxygens (including phenoxy) is 1. The Labute approximate surface area is 151 Å². The van der Waals surface area contributed by atoms with E-state index in [-0.39, 0.29) is 23.8 Å². The highest BCUT2D eigenvalue weighted by Gasteiger charge is 2.34. The summed E-state index contributed by atoms with van der Waals surface area (Å²) in [5, 5.41) is 2.04. The molecule has 2 aromatic rings. The number of aromatic nitrogens is 1. The smallest absolute Gasteiger partial charge is 0.355 e. The van der Waals surface area contributed by atoms with E-state index in [2.05, 4.69) is 18.0 Å². The summed E-state index contributed by atoms with van der Waals surface area (Å²) in [6, 6.07) is 4.10. The van der Waals surface area contributed by atoms with E-state index < -0.39 is 0 Å². The fourth-order valence-electron chi connectivity index (χ4n) is 4.25. The molecular weight excluding hydrogens is 334 g/mol. The number of nitrogens with one attached hydrogen (secondary N) is 1. The molecule has 4 rings (SSSR count). The molecule has 2 heterocycles. The number of carbonyl (C=O) groups is 2. The minimum atomic E-state index is -0.314. The molecule has 0 aliphatic heterocycles. The van der Waals surface area contributed by atoms with Gasteiger partial charge in [0, 0.05) is 28.5 Å². The normalized spacial score (nSPS) is 25.8. The molecule has 2 aromatic heterocycles. The third-order valence-corrected chi connectivity index (χ3v) is 6.71. The molecule has 0 radical (unpaired) electrons. The summed E-state index contributed by atoms with van der Waals surface area (Å²) in [6.07, 6.45) is 4.45. The fraction of sp³-hybridized carbons (Fsp3) is 0.500. The standard InChI is InChI=1S/C20H23NO3S/c1-11-5-3-6-16(11)24-20(23)19-12(2)18-14(21-19)9-13(10-15(18)22)17-7-4-8-25-17/h4,7-8,11,13,16,21H,3,5-6,9-10H2,1-2H3/t11-,13-,16-/m0/s1. The van der Waals surface area contributed by atoms with Gasteiger partial charge in [0.15, 0.2) is 5.78 Å². The lowest BCUT2D eigenvalue weighted by Crippen LogP contribution is -2.21. The van der Waals surface area contributed by atoms with Crippen LogP contribution in [0.4, 0.5) is 0 Å². The topological polar surface area (TPSA) is 59.2 Å². The molecule has 25 heavy (non-hydrogen) atoms. The minimum absolute atomic E-state index is 0.00166. The first kappa shape index (κ1) is 16.6. The summed E-state index contributed by atoms with van der Waals surface area (Å²) in [7, 11) is 0. The van der Waals surface area contributed by atoms with Gasteiger partial charge < -0.3 is 9.72 Å². The van der Waals surface area contributed by atoms with Crippen LogP contribution in [0.2, 0.25) is 0 Å². The van der Waals surface area contributed by atoms with Crippen LogP contribution in [0.3, 0.4) is 0 Å². The number of Topliss-reactive ketones (excluding diaryl/α,β-unsaturated/α-hetero) is 1. The molecule has 2 aliphatic rings. The number of hydrogen-bond donors (Lipinski definition) is 1. The highest BCUT2D eigenvalue weighted by molar-refractivity contribution is 7.10. The van der Waals surface area contributed by atoms with Crippen molar-refractivity contribution < 1.29 is 14.3 Å². The van der Waals surface area contributed by atoms with Crippen molar-refractivity contribution in [2.24, 2.45) is 5.92 Å². The van der Waals surface area contributed by atoms with Crippen LogP contribution in [0.1, 0.15) is 75.5 Å². The summed E-state index contributed by atoms with van der Waals surface area (Å²) in [5.74, 6) is 0.434. The van der Waals surface area contributed by atoms with Crippen LogP contribution >= 0.6 is 11.3 Å². The van der Waals surface area contributed by atoms with Gasteiger partial charge in [-0.05, 0) is 55.5 Å². The lowest BCUT2D eigenvalue weighted by molar-refractivity contribution is 0.0219. The number of H-pyrrole nitrogens is 1. The molecule has 1 fully saturated rings. The van der Waals surface area contributed by atoms with E-state index in [0.29, 0.717) is 23.6 Å². The molecule has 0 amide bonds. The first-order valence-electron chi connectivity index (χ1n) is 9.03. The monoisotopic (exact) mass is 357 g/mol. The number of thiophene rings is 1. The van der Waals surface area contributed by atoms with E-state index in [1.54, 1.807) is 11.3 Å². The van der Waals surface area contributed by atoms with Crippen molar-refractivity contribution in [3.63, 3.8) is 0 Å². The summed E-state index contributed by atoms with van der Waals surface area (Å²) < 4.78 is 5.72. The van der Waals surface area contributed by atoms with Crippen molar-refractivity contribution in [3.05, 3.63) is 44.9 Å². The Morgan fingerprint density at radius 1 is 1.32 bits per heavy atom. The van der Waals surface area contributed by atoms with E-state index in [9.17, 15) is 9.59 Å². The molecule has 0 aromatic carbocycles. The van der Waals surface area contributed by atoms with Gasteiger partial charge in [0.05, 0.1) is 0 Å². The number of aromatic amines is 1. The molecule has 1 saturated carbocycles. The lowest BCUT2D eigenvalue weighted by atomic mass is 9.84. The average molecular weight is 357 g/mol. The largest absolute Gasteiger partial charge is 0.457 e. The van der Waals surface area contributed by atoms with Crippen molar-refractivity contribution in [1.29, 1.82) is 0 Å². The second-order valence-electron chi connectivity index (χ2n) is 7.37. The van der Waals surface area contributed by atoms with E-state index in [4.69, 9.17) is 4.74 Å². The zero-order valence-electron chi connectivity index (χ0n) is 14.6. The van der Waals surface area contributed by atoms with Crippen LogP contribution in [-0.2, 0) is 11.2 Å². The molecule has 0 bridgehead atoms. The number of fused-ring (bicyclic) bond motifs is 1. The summed E-state index contributed by atoms with van der Waals surface area (Å²) in [6.45, 7) is 3.99. The van der Waals surface area contributed by atoms with Crippen molar-refractivity contribution in [2.75, 3.05) is 0 Å². The predicted octanol–water partition coefficient (Wildman–Crippen LogP) is 4.64. The molecule has 2 aliphatic carbocycles. The van der Waals surface area contributed by atoms with E-state index in [0.717, 1.165) is 36.9 Å². The molecule has 4 nitrogen and oxygen atoms in total.